The highest BCUT2D eigenvalue weighted by atomic mass is 16.5. The minimum atomic E-state index is -0.877. The Hall–Kier alpha value is -2.53. The van der Waals surface area contributed by atoms with E-state index in [0.29, 0.717) is 30.9 Å². The summed E-state index contributed by atoms with van der Waals surface area (Å²) in [5.41, 5.74) is 0.278. The van der Waals surface area contributed by atoms with Crippen LogP contribution >= 0.6 is 0 Å². The first kappa shape index (κ1) is 15.9. The van der Waals surface area contributed by atoms with Crippen LogP contribution in [0.5, 0.6) is 5.75 Å². The third-order valence-electron chi connectivity index (χ3n) is 3.90. The summed E-state index contributed by atoms with van der Waals surface area (Å²) >= 11 is 0. The molecule has 0 aliphatic carbocycles. The smallest absolute Gasteiger partial charge is 0.240 e. The predicted molar refractivity (Wildman–Crippen MR) is 81.8 cm³/mol. The van der Waals surface area contributed by atoms with Gasteiger partial charge >= 0.3 is 0 Å². The molecule has 5 heteroatoms. The van der Waals surface area contributed by atoms with Gasteiger partial charge in [0.25, 0.3) is 0 Å². The fourth-order valence-electron chi connectivity index (χ4n) is 2.62. The second kappa shape index (κ2) is 6.07. The molecule has 22 heavy (non-hydrogen) atoms. The monoisotopic (exact) mass is 297 g/mol. The lowest BCUT2D eigenvalue weighted by molar-refractivity contribution is -0.140. The van der Waals surface area contributed by atoms with Gasteiger partial charge in [0, 0.05) is 18.0 Å². The fourth-order valence-corrected chi connectivity index (χ4v) is 2.62. The van der Waals surface area contributed by atoms with Crippen molar-refractivity contribution in [2.75, 3.05) is 13.2 Å². The number of hydrogen-bond acceptors (Lipinski definition) is 4. The lowest BCUT2D eigenvalue weighted by Crippen LogP contribution is -2.43. The molecule has 0 saturated carbocycles. The average molecular weight is 297 g/mol. The number of nitriles is 1. The number of carbonyl (C=O) groups is 1. The van der Waals surface area contributed by atoms with Crippen LogP contribution in [0.4, 0.5) is 0 Å². The third-order valence-corrected chi connectivity index (χ3v) is 3.90. The Morgan fingerprint density at radius 1 is 1.59 bits per heavy atom. The zero-order chi connectivity index (χ0) is 16.3. The maximum Gasteiger partial charge on any atom is 0.240 e. The highest BCUT2D eigenvalue weighted by Gasteiger charge is 2.37. The van der Waals surface area contributed by atoms with Gasteiger partial charge in [0.05, 0.1) is 12.6 Å². The van der Waals surface area contributed by atoms with Crippen LogP contribution in [-0.2, 0) is 4.79 Å². The SMILES string of the molecule is C#CC(C)(C)C(=O)N1CCOc2c(C#N)cncc2[C@@H]1CC. The van der Waals surface area contributed by atoms with E-state index < -0.39 is 5.41 Å². The highest BCUT2D eigenvalue weighted by Crippen LogP contribution is 2.37. The molecule has 0 fully saturated rings. The number of hydrogen-bond donors (Lipinski definition) is 0. The minimum Gasteiger partial charge on any atom is -0.490 e. The Morgan fingerprint density at radius 3 is 2.91 bits per heavy atom. The van der Waals surface area contributed by atoms with Gasteiger partial charge in [0.15, 0.2) is 0 Å². The molecule has 0 unspecified atom stereocenters. The van der Waals surface area contributed by atoms with Crippen LogP contribution in [-0.4, -0.2) is 28.9 Å². The van der Waals surface area contributed by atoms with Crippen LogP contribution in [0.2, 0.25) is 0 Å². The summed E-state index contributed by atoms with van der Waals surface area (Å²) in [6.45, 7) is 6.22. The van der Waals surface area contributed by atoms with E-state index in [-0.39, 0.29) is 11.9 Å². The molecule has 0 spiro atoms. The molecule has 0 saturated heterocycles. The molecular weight excluding hydrogens is 278 g/mol. The predicted octanol–water partition coefficient (Wildman–Crippen LogP) is 2.28. The number of terminal acetylenes is 1. The maximum atomic E-state index is 12.8. The largest absolute Gasteiger partial charge is 0.490 e. The molecule has 2 heterocycles. The van der Waals surface area contributed by atoms with E-state index in [2.05, 4.69) is 17.0 Å². The van der Waals surface area contributed by atoms with Gasteiger partial charge in [-0.25, -0.2) is 0 Å². The Morgan fingerprint density at radius 2 is 2.32 bits per heavy atom. The van der Waals surface area contributed by atoms with E-state index in [0.717, 1.165) is 5.56 Å². The standard InChI is InChI=1S/C17H19N3O2/c1-5-14-13-11-19-10-12(9-18)15(13)22-8-7-20(14)16(21)17(3,4)6-2/h2,10-11,14H,5,7-8H2,1,3-4H3/t14-/m0/s1. The second-order valence-electron chi connectivity index (χ2n) is 5.76. The molecular formula is C17H19N3O2. The third kappa shape index (κ3) is 2.63. The molecule has 5 nitrogen and oxygen atoms in total. The lowest BCUT2D eigenvalue weighted by atomic mass is 9.91. The highest BCUT2D eigenvalue weighted by molar-refractivity contribution is 5.85. The van der Waals surface area contributed by atoms with Crippen LogP contribution < -0.4 is 4.74 Å². The molecule has 0 radical (unpaired) electrons. The summed E-state index contributed by atoms with van der Waals surface area (Å²) in [7, 11) is 0. The molecule has 0 N–H and O–H groups in total. The fraction of sp³-hybridized carbons (Fsp3) is 0.471. The van der Waals surface area contributed by atoms with Gasteiger partial charge in [0.2, 0.25) is 5.91 Å². The summed E-state index contributed by atoms with van der Waals surface area (Å²) in [4.78, 5) is 18.6. The first-order valence-electron chi connectivity index (χ1n) is 7.26. The number of aromatic nitrogens is 1. The van der Waals surface area contributed by atoms with Crippen LogP contribution in [0.1, 0.15) is 44.4 Å². The van der Waals surface area contributed by atoms with Gasteiger partial charge in [-0.2, -0.15) is 5.26 Å². The summed E-state index contributed by atoms with van der Waals surface area (Å²) in [5.74, 6) is 2.97. The van der Waals surface area contributed by atoms with E-state index in [4.69, 9.17) is 11.2 Å². The number of carbonyl (C=O) groups excluding carboxylic acids is 1. The van der Waals surface area contributed by atoms with E-state index in [1.807, 2.05) is 6.92 Å². The Bertz CT molecular complexity index is 667. The number of ether oxygens (including phenoxy) is 1. The Kier molecular flexibility index (Phi) is 4.37. The lowest BCUT2D eigenvalue weighted by Gasteiger charge is -2.33. The van der Waals surface area contributed by atoms with Gasteiger partial charge in [-0.15, -0.1) is 6.42 Å². The molecule has 1 aliphatic heterocycles. The van der Waals surface area contributed by atoms with Crippen LogP contribution in [0.25, 0.3) is 0 Å². The van der Waals surface area contributed by atoms with Crippen LogP contribution in [0, 0.1) is 29.1 Å². The maximum absolute atomic E-state index is 12.8. The van der Waals surface area contributed by atoms with E-state index in [1.54, 1.807) is 24.9 Å². The van der Waals surface area contributed by atoms with E-state index in [9.17, 15) is 10.1 Å². The van der Waals surface area contributed by atoms with Crippen molar-refractivity contribution in [3.63, 3.8) is 0 Å². The second-order valence-corrected chi connectivity index (χ2v) is 5.76. The van der Waals surface area contributed by atoms with Gasteiger partial charge < -0.3 is 9.64 Å². The van der Waals surface area contributed by atoms with Crippen molar-refractivity contribution >= 4 is 5.91 Å². The van der Waals surface area contributed by atoms with Crippen molar-refractivity contribution in [1.29, 1.82) is 5.26 Å². The molecule has 1 amide bonds. The Labute approximate surface area is 130 Å². The van der Waals surface area contributed by atoms with Crippen molar-refractivity contribution in [2.24, 2.45) is 5.41 Å². The topological polar surface area (TPSA) is 66.2 Å². The van der Waals surface area contributed by atoms with Crippen LogP contribution in [0.3, 0.4) is 0 Å². The van der Waals surface area contributed by atoms with Crippen molar-refractivity contribution in [3.05, 3.63) is 23.5 Å². The Balaban J connectivity index is 2.50. The quantitative estimate of drug-likeness (QED) is 0.786. The summed E-state index contributed by atoms with van der Waals surface area (Å²) in [5, 5.41) is 9.21. The van der Waals surface area contributed by atoms with E-state index >= 15 is 0 Å². The van der Waals surface area contributed by atoms with E-state index in [1.165, 1.54) is 6.20 Å². The zero-order valence-corrected chi connectivity index (χ0v) is 13.1. The molecule has 1 atom stereocenters. The molecule has 0 aromatic carbocycles. The average Bonchev–Trinajstić information content (AvgIpc) is 2.72. The molecule has 0 bridgehead atoms. The van der Waals surface area contributed by atoms with Crippen molar-refractivity contribution in [1.82, 2.24) is 9.88 Å². The zero-order valence-electron chi connectivity index (χ0n) is 13.1. The van der Waals surface area contributed by atoms with Crippen molar-refractivity contribution in [3.8, 4) is 24.2 Å². The number of rotatable bonds is 2. The summed E-state index contributed by atoms with van der Waals surface area (Å²) in [6.07, 6.45) is 9.34. The minimum absolute atomic E-state index is 0.110. The molecule has 1 aromatic heterocycles. The first-order valence-corrected chi connectivity index (χ1v) is 7.26. The van der Waals surface area contributed by atoms with Crippen LogP contribution in [0.15, 0.2) is 12.4 Å². The molecule has 114 valence electrons. The van der Waals surface area contributed by atoms with Gasteiger partial charge in [-0.05, 0) is 20.3 Å². The van der Waals surface area contributed by atoms with Gasteiger partial charge in [-0.3, -0.25) is 9.78 Å². The number of fused-ring (bicyclic) bond motifs is 1. The van der Waals surface area contributed by atoms with Gasteiger partial charge in [-0.1, -0.05) is 12.8 Å². The molecule has 1 aromatic rings. The van der Waals surface area contributed by atoms with Gasteiger partial charge in [0.1, 0.15) is 29.4 Å². The number of nitrogens with zero attached hydrogens (tertiary/aromatic N) is 3. The van der Waals surface area contributed by atoms with Crippen molar-refractivity contribution < 1.29 is 9.53 Å². The summed E-state index contributed by atoms with van der Waals surface area (Å²) < 4.78 is 5.72. The number of amides is 1. The normalized spacial score (nSPS) is 17.5. The molecule has 1 aliphatic rings. The first-order chi connectivity index (χ1) is 10.5. The molecule has 2 rings (SSSR count). The summed E-state index contributed by atoms with van der Waals surface area (Å²) in [6, 6.07) is 1.89. The number of pyridine rings is 1. The van der Waals surface area contributed by atoms with Crippen molar-refractivity contribution in [2.45, 2.75) is 33.2 Å².